The molecule has 1 unspecified atom stereocenters. The molecule has 0 bridgehead atoms. The first-order chi connectivity index (χ1) is 8.45. The van der Waals surface area contributed by atoms with Crippen LogP contribution in [0.1, 0.15) is 19.0 Å². The summed E-state index contributed by atoms with van der Waals surface area (Å²) in [7, 11) is 3.22. The number of hydrogen-bond acceptors (Lipinski definition) is 4. The Kier molecular flexibility index (Phi) is 3.09. The third kappa shape index (κ3) is 2.09. The number of para-hydroxylation sites is 1. The molecule has 0 amide bonds. The number of carbonyl (C=O) groups excluding carboxylic acids is 1. The zero-order valence-electron chi connectivity index (χ0n) is 10.8. The second-order valence-corrected chi connectivity index (χ2v) is 4.66. The number of aromatic nitrogens is 2. The number of rotatable bonds is 3. The van der Waals surface area contributed by atoms with Crippen molar-refractivity contribution >= 4 is 16.9 Å². The second kappa shape index (κ2) is 4.42. The van der Waals surface area contributed by atoms with Gasteiger partial charge in [0, 0.05) is 12.4 Å². The summed E-state index contributed by atoms with van der Waals surface area (Å²) in [5.74, 6) is -0.338. The van der Waals surface area contributed by atoms with Crippen molar-refractivity contribution in [2.45, 2.75) is 18.9 Å². The molecule has 0 saturated heterocycles. The first-order valence-corrected chi connectivity index (χ1v) is 5.73. The Labute approximate surface area is 106 Å². The molecule has 96 valence electrons. The largest absolute Gasteiger partial charge is 0.469 e. The van der Waals surface area contributed by atoms with E-state index in [0.29, 0.717) is 5.69 Å². The molecule has 0 spiro atoms. The van der Waals surface area contributed by atoms with E-state index in [1.165, 1.54) is 7.11 Å². The van der Waals surface area contributed by atoms with Crippen LogP contribution in [0.2, 0.25) is 0 Å². The fraction of sp³-hybridized carbons (Fsp3) is 0.385. The summed E-state index contributed by atoms with van der Waals surface area (Å²) in [5.41, 5.74) is 7.09. The molecule has 18 heavy (non-hydrogen) atoms. The molecular formula is C13H17N3O2. The molecule has 1 aromatic carbocycles. The molecule has 0 aliphatic carbocycles. The van der Waals surface area contributed by atoms with Crippen molar-refractivity contribution in [2.75, 3.05) is 7.11 Å². The van der Waals surface area contributed by atoms with E-state index < -0.39 is 5.54 Å². The van der Waals surface area contributed by atoms with Gasteiger partial charge in [-0.2, -0.15) is 5.10 Å². The second-order valence-electron chi connectivity index (χ2n) is 4.66. The first-order valence-electron chi connectivity index (χ1n) is 5.73. The van der Waals surface area contributed by atoms with Gasteiger partial charge >= 0.3 is 5.97 Å². The fourth-order valence-electron chi connectivity index (χ4n) is 2.09. The highest BCUT2D eigenvalue weighted by atomic mass is 16.5. The summed E-state index contributed by atoms with van der Waals surface area (Å²) in [5, 5.41) is 5.40. The zero-order valence-corrected chi connectivity index (χ0v) is 10.8. The third-order valence-electron chi connectivity index (χ3n) is 3.04. The van der Waals surface area contributed by atoms with Crippen LogP contribution in [0.4, 0.5) is 0 Å². The maximum Gasteiger partial charge on any atom is 0.307 e. The van der Waals surface area contributed by atoms with Gasteiger partial charge in [0.25, 0.3) is 0 Å². The van der Waals surface area contributed by atoms with E-state index in [9.17, 15) is 4.79 Å². The van der Waals surface area contributed by atoms with Crippen LogP contribution in [-0.4, -0.2) is 22.9 Å². The van der Waals surface area contributed by atoms with Crippen molar-refractivity contribution in [2.24, 2.45) is 12.8 Å². The highest BCUT2D eigenvalue weighted by Crippen LogP contribution is 2.28. The van der Waals surface area contributed by atoms with Gasteiger partial charge in [-0.25, -0.2) is 0 Å². The third-order valence-corrected chi connectivity index (χ3v) is 3.04. The molecule has 1 heterocycles. The minimum absolute atomic E-state index is 0.102. The van der Waals surface area contributed by atoms with Gasteiger partial charge in [0.2, 0.25) is 0 Å². The number of aryl methyl sites for hydroxylation is 1. The van der Waals surface area contributed by atoms with Crippen molar-refractivity contribution in [3.63, 3.8) is 0 Å². The van der Waals surface area contributed by atoms with Crippen molar-refractivity contribution in [1.29, 1.82) is 0 Å². The van der Waals surface area contributed by atoms with Crippen LogP contribution in [0.15, 0.2) is 24.3 Å². The molecule has 2 N–H and O–H groups in total. The van der Waals surface area contributed by atoms with Gasteiger partial charge in [0.05, 0.1) is 30.3 Å². The van der Waals surface area contributed by atoms with E-state index in [1.54, 1.807) is 11.6 Å². The van der Waals surface area contributed by atoms with E-state index in [-0.39, 0.29) is 12.4 Å². The lowest BCUT2D eigenvalue weighted by atomic mass is 9.92. The van der Waals surface area contributed by atoms with Crippen LogP contribution in [0, 0.1) is 0 Å². The Morgan fingerprint density at radius 1 is 1.50 bits per heavy atom. The Morgan fingerprint density at radius 2 is 2.17 bits per heavy atom. The van der Waals surface area contributed by atoms with Crippen molar-refractivity contribution in [3.05, 3.63) is 30.0 Å². The normalized spacial score (nSPS) is 14.4. The van der Waals surface area contributed by atoms with Gasteiger partial charge < -0.3 is 10.5 Å². The van der Waals surface area contributed by atoms with Crippen molar-refractivity contribution < 1.29 is 9.53 Å². The lowest BCUT2D eigenvalue weighted by molar-refractivity contribution is -0.142. The van der Waals surface area contributed by atoms with Crippen LogP contribution in [0.25, 0.3) is 10.9 Å². The smallest absolute Gasteiger partial charge is 0.307 e. The quantitative estimate of drug-likeness (QED) is 0.830. The van der Waals surface area contributed by atoms with Gasteiger partial charge in [0.15, 0.2) is 0 Å². The van der Waals surface area contributed by atoms with Crippen molar-refractivity contribution in [1.82, 2.24) is 9.78 Å². The number of hydrogen-bond donors (Lipinski definition) is 1. The Bertz CT molecular complexity index is 587. The first kappa shape index (κ1) is 12.6. The SMILES string of the molecule is COC(=O)CC(C)(N)c1nn(C)c2ccccc12. The van der Waals surface area contributed by atoms with Gasteiger partial charge in [-0.05, 0) is 13.0 Å². The zero-order chi connectivity index (χ0) is 13.3. The summed E-state index contributed by atoms with van der Waals surface area (Å²) in [4.78, 5) is 11.4. The lowest BCUT2D eigenvalue weighted by Gasteiger charge is -2.21. The molecule has 0 saturated carbocycles. The molecule has 0 aliphatic rings. The predicted molar refractivity (Wildman–Crippen MR) is 68.9 cm³/mol. The summed E-state index contributed by atoms with van der Waals surface area (Å²) >= 11 is 0. The van der Waals surface area contributed by atoms with E-state index in [0.717, 1.165) is 10.9 Å². The van der Waals surface area contributed by atoms with Gasteiger partial charge in [-0.1, -0.05) is 18.2 Å². The molecule has 5 nitrogen and oxygen atoms in total. The number of methoxy groups -OCH3 is 1. The summed E-state index contributed by atoms with van der Waals surface area (Å²) in [6.45, 7) is 1.79. The summed E-state index contributed by atoms with van der Waals surface area (Å²) in [6.07, 6.45) is 0.102. The van der Waals surface area contributed by atoms with Gasteiger partial charge in [0.1, 0.15) is 0 Å². The summed E-state index contributed by atoms with van der Waals surface area (Å²) in [6, 6.07) is 7.81. The molecule has 2 rings (SSSR count). The number of ether oxygens (including phenoxy) is 1. The van der Waals surface area contributed by atoms with Crippen LogP contribution in [0.5, 0.6) is 0 Å². The van der Waals surface area contributed by atoms with E-state index in [2.05, 4.69) is 9.84 Å². The van der Waals surface area contributed by atoms with Crippen LogP contribution >= 0.6 is 0 Å². The molecule has 2 aromatic rings. The highest BCUT2D eigenvalue weighted by Gasteiger charge is 2.30. The lowest BCUT2D eigenvalue weighted by Crippen LogP contribution is -2.36. The monoisotopic (exact) mass is 247 g/mol. The number of nitrogens with two attached hydrogens (primary N) is 1. The molecule has 5 heteroatoms. The van der Waals surface area contributed by atoms with Crippen LogP contribution < -0.4 is 5.73 Å². The van der Waals surface area contributed by atoms with E-state index >= 15 is 0 Å². The van der Waals surface area contributed by atoms with Crippen LogP contribution in [-0.2, 0) is 22.1 Å². The Hall–Kier alpha value is -1.88. The minimum atomic E-state index is -0.839. The summed E-state index contributed by atoms with van der Waals surface area (Å²) < 4.78 is 6.44. The number of fused-ring (bicyclic) bond motifs is 1. The maximum absolute atomic E-state index is 11.4. The molecule has 0 radical (unpaired) electrons. The van der Waals surface area contributed by atoms with Gasteiger partial charge in [-0.3, -0.25) is 9.48 Å². The molecular weight excluding hydrogens is 230 g/mol. The van der Waals surface area contributed by atoms with E-state index in [1.807, 2.05) is 31.3 Å². The number of benzene rings is 1. The molecule has 0 fully saturated rings. The number of nitrogens with zero attached hydrogens (tertiary/aromatic N) is 2. The number of carbonyl (C=O) groups is 1. The van der Waals surface area contributed by atoms with Gasteiger partial charge in [-0.15, -0.1) is 0 Å². The number of esters is 1. The van der Waals surface area contributed by atoms with E-state index in [4.69, 9.17) is 5.73 Å². The topological polar surface area (TPSA) is 70.1 Å². The van der Waals surface area contributed by atoms with Crippen molar-refractivity contribution in [3.8, 4) is 0 Å². The predicted octanol–water partition coefficient (Wildman–Crippen LogP) is 1.31. The average molecular weight is 247 g/mol. The maximum atomic E-state index is 11.4. The average Bonchev–Trinajstić information content (AvgIpc) is 2.68. The molecule has 1 atom stereocenters. The standard InChI is InChI=1S/C13H17N3O2/c1-13(14,8-11(17)18-3)12-9-6-4-5-7-10(9)16(2)15-12/h4-7H,8,14H2,1-3H3. The highest BCUT2D eigenvalue weighted by molar-refractivity contribution is 5.83. The molecule has 1 aromatic heterocycles. The Morgan fingerprint density at radius 3 is 2.83 bits per heavy atom. The van der Waals surface area contributed by atoms with Crippen LogP contribution in [0.3, 0.4) is 0 Å². The Balaban J connectivity index is 2.50. The minimum Gasteiger partial charge on any atom is -0.469 e. The molecule has 0 aliphatic heterocycles. The fourth-order valence-corrected chi connectivity index (χ4v) is 2.09.